The molecule has 1 amide bonds. The van der Waals surface area contributed by atoms with Crippen molar-refractivity contribution < 1.29 is 9.53 Å². The number of piperidine rings is 1. The van der Waals surface area contributed by atoms with Crippen LogP contribution in [0.15, 0.2) is 24.3 Å². The quantitative estimate of drug-likeness (QED) is 0.929. The fourth-order valence-corrected chi connectivity index (χ4v) is 2.54. The van der Waals surface area contributed by atoms with Gasteiger partial charge in [0.15, 0.2) is 0 Å². The van der Waals surface area contributed by atoms with Crippen LogP contribution in [-0.4, -0.2) is 43.1 Å². The van der Waals surface area contributed by atoms with E-state index in [2.05, 4.69) is 5.32 Å². The Kier molecular flexibility index (Phi) is 6.99. The molecule has 2 rings (SSSR count). The van der Waals surface area contributed by atoms with Gasteiger partial charge in [-0.25, -0.2) is 0 Å². The summed E-state index contributed by atoms with van der Waals surface area (Å²) in [5.74, 6) is 0.829. The van der Waals surface area contributed by atoms with Crippen LogP contribution < -0.4 is 10.1 Å². The van der Waals surface area contributed by atoms with E-state index in [-0.39, 0.29) is 24.4 Å². The van der Waals surface area contributed by atoms with Gasteiger partial charge in [0.05, 0.1) is 6.10 Å². The zero-order valence-electron chi connectivity index (χ0n) is 13.0. The highest BCUT2D eigenvalue weighted by Gasteiger charge is 2.23. The summed E-state index contributed by atoms with van der Waals surface area (Å²) < 4.78 is 5.65. The molecule has 0 radical (unpaired) electrons. The third-order valence-corrected chi connectivity index (χ3v) is 3.63. The first-order valence-electron chi connectivity index (χ1n) is 7.32. The van der Waals surface area contributed by atoms with Crippen molar-refractivity contribution in [1.82, 2.24) is 10.2 Å². The molecular formula is C16H25ClN2O2. The number of carbonyl (C=O) groups excluding carboxylic acids is 1. The smallest absolute Gasteiger partial charge is 0.253 e. The van der Waals surface area contributed by atoms with E-state index >= 15 is 0 Å². The molecule has 0 aromatic heterocycles. The van der Waals surface area contributed by atoms with Crippen LogP contribution >= 0.6 is 12.4 Å². The minimum Gasteiger partial charge on any atom is -0.491 e. The SMILES string of the molecule is CC(C)Oc1cccc(C(=O)N(C)C2CCNCC2)c1.Cl. The Balaban J connectivity index is 0.00000220. The van der Waals surface area contributed by atoms with Gasteiger partial charge >= 0.3 is 0 Å². The third-order valence-electron chi connectivity index (χ3n) is 3.63. The third kappa shape index (κ3) is 4.90. The maximum Gasteiger partial charge on any atom is 0.253 e. The number of nitrogens with zero attached hydrogens (tertiary/aromatic N) is 1. The predicted octanol–water partition coefficient (Wildman–Crippen LogP) is 2.72. The number of halogens is 1. The van der Waals surface area contributed by atoms with E-state index in [9.17, 15) is 4.79 Å². The van der Waals surface area contributed by atoms with Crippen LogP contribution in [-0.2, 0) is 0 Å². The van der Waals surface area contributed by atoms with E-state index in [0.717, 1.165) is 31.7 Å². The molecule has 0 aliphatic carbocycles. The van der Waals surface area contributed by atoms with E-state index in [1.54, 1.807) is 0 Å². The van der Waals surface area contributed by atoms with Crippen molar-refractivity contribution >= 4 is 18.3 Å². The molecule has 1 heterocycles. The van der Waals surface area contributed by atoms with Crippen LogP contribution in [0.2, 0.25) is 0 Å². The Morgan fingerprint density at radius 2 is 2.00 bits per heavy atom. The fourth-order valence-electron chi connectivity index (χ4n) is 2.54. The number of rotatable bonds is 4. The monoisotopic (exact) mass is 312 g/mol. The van der Waals surface area contributed by atoms with Gasteiger partial charge < -0.3 is 15.0 Å². The zero-order chi connectivity index (χ0) is 14.5. The molecule has 1 saturated heterocycles. The molecular weight excluding hydrogens is 288 g/mol. The molecule has 1 aliphatic heterocycles. The van der Waals surface area contributed by atoms with Gasteiger partial charge in [0.2, 0.25) is 0 Å². The Morgan fingerprint density at radius 1 is 1.33 bits per heavy atom. The summed E-state index contributed by atoms with van der Waals surface area (Å²) in [5, 5.41) is 3.32. The van der Waals surface area contributed by atoms with E-state index in [0.29, 0.717) is 11.6 Å². The Labute approximate surface area is 133 Å². The van der Waals surface area contributed by atoms with Crippen LogP contribution in [0.3, 0.4) is 0 Å². The number of carbonyl (C=O) groups is 1. The van der Waals surface area contributed by atoms with Crippen molar-refractivity contribution in [3.8, 4) is 5.75 Å². The number of hydrogen-bond donors (Lipinski definition) is 1. The van der Waals surface area contributed by atoms with Gasteiger partial charge in [-0.15, -0.1) is 12.4 Å². The highest BCUT2D eigenvalue weighted by atomic mass is 35.5. The fraction of sp³-hybridized carbons (Fsp3) is 0.562. The largest absolute Gasteiger partial charge is 0.491 e. The predicted molar refractivity (Wildman–Crippen MR) is 87.4 cm³/mol. The molecule has 1 fully saturated rings. The Morgan fingerprint density at radius 3 is 2.62 bits per heavy atom. The first-order valence-corrected chi connectivity index (χ1v) is 7.32. The van der Waals surface area contributed by atoms with Gasteiger partial charge in [-0.2, -0.15) is 0 Å². The lowest BCUT2D eigenvalue weighted by molar-refractivity contribution is 0.0702. The van der Waals surface area contributed by atoms with Crippen molar-refractivity contribution in [2.75, 3.05) is 20.1 Å². The van der Waals surface area contributed by atoms with Crippen molar-refractivity contribution in [1.29, 1.82) is 0 Å². The summed E-state index contributed by atoms with van der Waals surface area (Å²) in [4.78, 5) is 14.4. The second-order valence-corrected chi connectivity index (χ2v) is 5.59. The average Bonchev–Trinajstić information content (AvgIpc) is 2.46. The summed E-state index contributed by atoms with van der Waals surface area (Å²) in [6.07, 6.45) is 2.15. The van der Waals surface area contributed by atoms with E-state index < -0.39 is 0 Å². The molecule has 118 valence electrons. The Hall–Kier alpha value is -1.26. The molecule has 0 saturated carbocycles. The molecule has 1 aromatic carbocycles. The molecule has 0 atom stereocenters. The van der Waals surface area contributed by atoms with Gasteiger partial charge in [0.25, 0.3) is 5.91 Å². The molecule has 4 nitrogen and oxygen atoms in total. The maximum atomic E-state index is 12.5. The Bertz CT molecular complexity index is 459. The summed E-state index contributed by atoms with van der Waals surface area (Å²) in [6, 6.07) is 7.79. The standard InChI is InChI=1S/C16H24N2O2.ClH/c1-12(2)20-15-6-4-5-13(11-15)16(19)18(3)14-7-9-17-10-8-14;/h4-6,11-12,14,17H,7-10H2,1-3H3;1H. The lowest BCUT2D eigenvalue weighted by atomic mass is 10.0. The molecule has 0 unspecified atom stereocenters. The number of amides is 1. The maximum absolute atomic E-state index is 12.5. The minimum absolute atomic E-state index is 0. The van der Waals surface area contributed by atoms with Crippen LogP contribution in [0, 0.1) is 0 Å². The normalized spacial score (nSPS) is 15.4. The van der Waals surface area contributed by atoms with Crippen molar-refractivity contribution in [3.05, 3.63) is 29.8 Å². The first kappa shape index (κ1) is 17.8. The number of ether oxygens (including phenoxy) is 1. The van der Waals surface area contributed by atoms with Crippen molar-refractivity contribution in [3.63, 3.8) is 0 Å². The second kappa shape index (κ2) is 8.25. The summed E-state index contributed by atoms with van der Waals surface area (Å²) >= 11 is 0. The molecule has 0 spiro atoms. The van der Waals surface area contributed by atoms with Crippen LogP contribution in [0.5, 0.6) is 5.75 Å². The lowest BCUT2D eigenvalue weighted by Gasteiger charge is -2.31. The van der Waals surface area contributed by atoms with Gasteiger partial charge in [0.1, 0.15) is 5.75 Å². The van der Waals surface area contributed by atoms with Crippen molar-refractivity contribution in [2.24, 2.45) is 0 Å². The van der Waals surface area contributed by atoms with Gasteiger partial charge in [0, 0.05) is 18.7 Å². The van der Waals surface area contributed by atoms with E-state index in [1.165, 1.54) is 0 Å². The van der Waals surface area contributed by atoms with Gasteiger partial charge in [-0.3, -0.25) is 4.79 Å². The van der Waals surface area contributed by atoms with Gasteiger partial charge in [-0.1, -0.05) is 6.07 Å². The second-order valence-electron chi connectivity index (χ2n) is 5.59. The highest BCUT2D eigenvalue weighted by molar-refractivity contribution is 5.94. The molecule has 5 heteroatoms. The van der Waals surface area contributed by atoms with E-state index in [1.807, 2.05) is 50.1 Å². The molecule has 1 aromatic rings. The van der Waals surface area contributed by atoms with Crippen LogP contribution in [0.4, 0.5) is 0 Å². The molecule has 1 aliphatic rings. The highest BCUT2D eigenvalue weighted by Crippen LogP contribution is 2.18. The summed E-state index contributed by atoms with van der Waals surface area (Å²) in [6.45, 7) is 5.93. The molecule has 21 heavy (non-hydrogen) atoms. The zero-order valence-corrected chi connectivity index (χ0v) is 13.8. The topological polar surface area (TPSA) is 41.6 Å². The van der Waals surface area contributed by atoms with Crippen LogP contribution in [0.25, 0.3) is 0 Å². The molecule has 0 bridgehead atoms. The average molecular weight is 313 g/mol. The van der Waals surface area contributed by atoms with Gasteiger partial charge in [-0.05, 0) is 58.0 Å². The summed E-state index contributed by atoms with van der Waals surface area (Å²) in [5.41, 5.74) is 0.698. The summed E-state index contributed by atoms with van der Waals surface area (Å²) in [7, 11) is 1.90. The molecule has 1 N–H and O–H groups in total. The lowest BCUT2D eigenvalue weighted by Crippen LogP contribution is -2.43. The van der Waals surface area contributed by atoms with E-state index in [4.69, 9.17) is 4.74 Å². The number of nitrogens with one attached hydrogen (secondary N) is 1. The number of benzene rings is 1. The van der Waals surface area contributed by atoms with Crippen LogP contribution in [0.1, 0.15) is 37.0 Å². The first-order chi connectivity index (χ1) is 9.58. The number of hydrogen-bond acceptors (Lipinski definition) is 3. The minimum atomic E-state index is 0. The van der Waals surface area contributed by atoms with Crippen molar-refractivity contribution in [2.45, 2.75) is 38.8 Å².